The van der Waals surface area contributed by atoms with Gasteiger partial charge in [0.1, 0.15) is 19.3 Å². The predicted molar refractivity (Wildman–Crippen MR) is 141 cm³/mol. The summed E-state index contributed by atoms with van der Waals surface area (Å²) in [5.41, 5.74) is 0.0808. The van der Waals surface area contributed by atoms with Crippen molar-refractivity contribution in [3.05, 3.63) is 18.1 Å². The number of ether oxygens (including phenoxy) is 3. The number of hydrogen-bond donors (Lipinski definition) is 2. The number of esters is 1. The Hall–Kier alpha value is -2.13. The Labute approximate surface area is 231 Å². The molecule has 0 aromatic carbocycles. The average molecular weight is 544 g/mol. The Bertz CT molecular complexity index is 1050. The molecular weight excluding hydrogens is 500 g/mol. The number of nitrogens with zero attached hydrogens (tertiary/aromatic N) is 1. The van der Waals surface area contributed by atoms with Crippen molar-refractivity contribution in [2.75, 3.05) is 39.4 Å². The van der Waals surface area contributed by atoms with Crippen LogP contribution in [0, 0.1) is 40.9 Å². The minimum atomic E-state index is -0.771. The minimum absolute atomic E-state index is 0.00156. The SMILES string of the molecule is C[C@]12CC[C@H](OC(=O)OCCN3CCNC(=O)C3)C[C@H]1CC[C@@H]1[C@@H]2CC[C@]2(C)[C@@H](C3=CC(=O)OC3)[CH]C[C@]12O. The summed E-state index contributed by atoms with van der Waals surface area (Å²) in [4.78, 5) is 37.7. The highest BCUT2D eigenvalue weighted by atomic mass is 16.7. The Morgan fingerprint density at radius 1 is 1.18 bits per heavy atom. The van der Waals surface area contributed by atoms with Crippen LogP contribution in [-0.2, 0) is 23.8 Å². The molecule has 1 radical (unpaired) electrons. The van der Waals surface area contributed by atoms with E-state index < -0.39 is 11.8 Å². The highest BCUT2D eigenvalue weighted by Gasteiger charge is 2.67. The lowest BCUT2D eigenvalue weighted by Crippen LogP contribution is -2.62. The van der Waals surface area contributed by atoms with Crippen LogP contribution in [0.2, 0.25) is 0 Å². The monoisotopic (exact) mass is 543 g/mol. The summed E-state index contributed by atoms with van der Waals surface area (Å²) in [7, 11) is 0. The fraction of sp³-hybridized carbons (Fsp3) is 0.800. The van der Waals surface area contributed by atoms with E-state index >= 15 is 0 Å². The highest BCUT2D eigenvalue weighted by Crippen LogP contribution is 2.69. The number of aliphatic hydroxyl groups is 1. The maximum Gasteiger partial charge on any atom is 0.508 e. The smallest absolute Gasteiger partial charge is 0.458 e. The molecule has 39 heavy (non-hydrogen) atoms. The zero-order valence-corrected chi connectivity index (χ0v) is 23.3. The summed E-state index contributed by atoms with van der Waals surface area (Å²) in [5.74, 6) is 0.945. The molecule has 1 amide bonds. The van der Waals surface area contributed by atoms with E-state index in [4.69, 9.17) is 14.2 Å². The molecule has 0 aromatic heterocycles. The first kappa shape index (κ1) is 27.1. The summed E-state index contributed by atoms with van der Waals surface area (Å²) < 4.78 is 16.3. The number of amides is 1. The molecule has 215 valence electrons. The molecule has 2 heterocycles. The molecule has 4 saturated carbocycles. The molecule has 8 atom stereocenters. The largest absolute Gasteiger partial charge is 0.508 e. The molecule has 0 aromatic rings. The van der Waals surface area contributed by atoms with Crippen molar-refractivity contribution in [1.29, 1.82) is 0 Å². The van der Waals surface area contributed by atoms with Crippen LogP contribution in [0.25, 0.3) is 0 Å². The second-order valence-corrected chi connectivity index (χ2v) is 13.4. The summed E-state index contributed by atoms with van der Waals surface area (Å²) >= 11 is 0. The fourth-order valence-electron chi connectivity index (χ4n) is 9.47. The molecule has 9 nitrogen and oxygen atoms in total. The van der Waals surface area contributed by atoms with Gasteiger partial charge in [0.25, 0.3) is 0 Å². The zero-order valence-electron chi connectivity index (χ0n) is 23.3. The van der Waals surface area contributed by atoms with Crippen molar-refractivity contribution >= 4 is 18.0 Å². The molecule has 0 unspecified atom stereocenters. The number of fused-ring (bicyclic) bond motifs is 5. The lowest BCUT2D eigenvalue weighted by Gasteiger charge is -2.63. The Morgan fingerprint density at radius 3 is 2.79 bits per heavy atom. The van der Waals surface area contributed by atoms with Gasteiger partial charge in [0.2, 0.25) is 5.91 Å². The molecule has 0 spiro atoms. The zero-order chi connectivity index (χ0) is 27.4. The lowest BCUT2D eigenvalue weighted by molar-refractivity contribution is -0.208. The second kappa shape index (κ2) is 10.1. The first-order valence-electron chi connectivity index (χ1n) is 14.9. The number of carbonyl (C=O) groups excluding carboxylic acids is 3. The molecular formula is C30H43N2O7. The van der Waals surface area contributed by atoms with Crippen molar-refractivity contribution in [3.8, 4) is 0 Å². The van der Waals surface area contributed by atoms with E-state index in [1.807, 2.05) is 4.90 Å². The molecule has 6 rings (SSSR count). The average Bonchev–Trinajstić information content (AvgIpc) is 3.44. The number of cyclic esters (lactones) is 1. The van der Waals surface area contributed by atoms with Crippen molar-refractivity contribution in [2.45, 2.75) is 76.9 Å². The van der Waals surface area contributed by atoms with Crippen molar-refractivity contribution in [1.82, 2.24) is 10.2 Å². The van der Waals surface area contributed by atoms with Gasteiger partial charge in [0, 0.05) is 31.1 Å². The third-order valence-corrected chi connectivity index (χ3v) is 11.7. The number of nitrogens with one attached hydrogen (secondary N) is 1. The van der Waals surface area contributed by atoms with Gasteiger partial charge in [-0.15, -0.1) is 0 Å². The summed E-state index contributed by atoms with van der Waals surface area (Å²) in [6, 6.07) is 0. The standard InChI is InChI=1S/C30H43N2O7/c1-28-8-5-21(39-27(35)37-14-13-32-12-11-31-25(33)17-32)16-20(28)3-4-24-23(28)6-9-29(2)22(7-10-30(24,29)36)19-15-26(34)38-18-19/h7,15,20-24,36H,3-6,8-14,16-18H2,1-2H3,(H,31,33)/t20-,21+,22-,23+,24-,28+,29-,30+/m1/s1. The van der Waals surface area contributed by atoms with Crippen LogP contribution < -0.4 is 5.32 Å². The van der Waals surface area contributed by atoms with Gasteiger partial charge < -0.3 is 24.6 Å². The molecule has 5 fully saturated rings. The summed E-state index contributed by atoms with van der Waals surface area (Å²) in [5, 5.41) is 15.1. The quantitative estimate of drug-likeness (QED) is 0.509. The first-order valence-corrected chi connectivity index (χ1v) is 14.9. The van der Waals surface area contributed by atoms with Crippen LogP contribution in [0.4, 0.5) is 4.79 Å². The minimum Gasteiger partial charge on any atom is -0.458 e. The fourth-order valence-corrected chi connectivity index (χ4v) is 9.47. The normalized spacial score (nSPS) is 43.9. The van der Waals surface area contributed by atoms with Crippen LogP contribution in [0.3, 0.4) is 0 Å². The molecule has 6 aliphatic rings. The maximum atomic E-state index is 12.4. The van der Waals surface area contributed by atoms with Gasteiger partial charge in [0.15, 0.2) is 0 Å². The van der Waals surface area contributed by atoms with Gasteiger partial charge >= 0.3 is 12.1 Å². The van der Waals surface area contributed by atoms with Crippen LogP contribution >= 0.6 is 0 Å². The first-order chi connectivity index (χ1) is 18.6. The van der Waals surface area contributed by atoms with Gasteiger partial charge in [0.05, 0.1) is 12.1 Å². The molecule has 4 aliphatic carbocycles. The Kier molecular flexibility index (Phi) is 6.97. The van der Waals surface area contributed by atoms with Crippen LogP contribution in [0.15, 0.2) is 11.6 Å². The second-order valence-electron chi connectivity index (χ2n) is 13.4. The Morgan fingerprint density at radius 2 is 2.03 bits per heavy atom. The molecule has 2 N–H and O–H groups in total. The molecule has 2 aliphatic heterocycles. The van der Waals surface area contributed by atoms with E-state index in [2.05, 4.69) is 25.6 Å². The van der Waals surface area contributed by atoms with Crippen LogP contribution in [0.5, 0.6) is 0 Å². The van der Waals surface area contributed by atoms with Crippen molar-refractivity contribution in [2.24, 2.45) is 34.5 Å². The van der Waals surface area contributed by atoms with E-state index in [1.54, 1.807) is 6.08 Å². The van der Waals surface area contributed by atoms with E-state index in [-0.39, 0.29) is 47.3 Å². The van der Waals surface area contributed by atoms with Crippen LogP contribution in [-0.4, -0.2) is 79.1 Å². The number of hydrogen-bond acceptors (Lipinski definition) is 8. The number of piperazine rings is 1. The Balaban J connectivity index is 1.05. The third-order valence-electron chi connectivity index (χ3n) is 11.7. The van der Waals surface area contributed by atoms with Crippen LogP contribution in [0.1, 0.15) is 65.2 Å². The van der Waals surface area contributed by atoms with E-state index in [0.29, 0.717) is 44.5 Å². The van der Waals surface area contributed by atoms with Gasteiger partial charge in [-0.2, -0.15) is 0 Å². The van der Waals surface area contributed by atoms with Gasteiger partial charge in [-0.1, -0.05) is 13.8 Å². The van der Waals surface area contributed by atoms with E-state index in [1.165, 1.54) is 0 Å². The van der Waals surface area contributed by atoms with Crippen molar-refractivity contribution in [3.63, 3.8) is 0 Å². The van der Waals surface area contributed by atoms with Gasteiger partial charge in [-0.05, 0) is 92.4 Å². The van der Waals surface area contributed by atoms with E-state index in [9.17, 15) is 19.5 Å². The van der Waals surface area contributed by atoms with Crippen molar-refractivity contribution < 1.29 is 33.7 Å². The molecule has 9 heteroatoms. The number of carbonyl (C=O) groups is 3. The highest BCUT2D eigenvalue weighted by molar-refractivity contribution is 5.85. The molecule has 1 saturated heterocycles. The van der Waals surface area contributed by atoms with Gasteiger partial charge in [-0.25, -0.2) is 9.59 Å². The van der Waals surface area contributed by atoms with Gasteiger partial charge in [-0.3, -0.25) is 9.69 Å². The summed E-state index contributed by atoms with van der Waals surface area (Å²) in [6.07, 6.45) is 10.5. The summed E-state index contributed by atoms with van der Waals surface area (Å²) in [6.45, 7) is 7.44. The van der Waals surface area contributed by atoms with E-state index in [0.717, 1.165) is 57.1 Å². The topological polar surface area (TPSA) is 114 Å². The molecule has 0 bridgehead atoms. The maximum absolute atomic E-state index is 12.4. The number of rotatable bonds is 5. The third kappa shape index (κ3) is 4.57. The lowest BCUT2D eigenvalue weighted by atomic mass is 9.43. The predicted octanol–water partition coefficient (Wildman–Crippen LogP) is 3.01.